The standard InChI is InChI=1S/C11H17N3S/c1-8-7-12-11(15)14(8)10-4-6-13-5-2-3-9(10)13/h7,9-10H,2-6H2,1H3,(H,12,15). The van der Waals surface area contributed by atoms with E-state index in [0.29, 0.717) is 6.04 Å². The zero-order valence-electron chi connectivity index (χ0n) is 9.07. The molecule has 15 heavy (non-hydrogen) atoms. The highest BCUT2D eigenvalue weighted by Gasteiger charge is 2.38. The van der Waals surface area contributed by atoms with E-state index in [9.17, 15) is 0 Å². The third-order valence-corrected chi connectivity index (χ3v) is 4.22. The molecule has 1 aromatic heterocycles. The van der Waals surface area contributed by atoms with Gasteiger partial charge in [0.2, 0.25) is 0 Å². The van der Waals surface area contributed by atoms with Crippen molar-refractivity contribution < 1.29 is 0 Å². The van der Waals surface area contributed by atoms with Gasteiger partial charge in [-0.25, -0.2) is 0 Å². The zero-order valence-corrected chi connectivity index (χ0v) is 9.89. The number of hydrogen-bond donors (Lipinski definition) is 1. The Kier molecular flexibility index (Phi) is 2.21. The van der Waals surface area contributed by atoms with Crippen LogP contribution in [0.2, 0.25) is 0 Å². The summed E-state index contributed by atoms with van der Waals surface area (Å²) in [7, 11) is 0. The van der Waals surface area contributed by atoms with Gasteiger partial charge < -0.3 is 9.55 Å². The van der Waals surface area contributed by atoms with E-state index < -0.39 is 0 Å². The van der Waals surface area contributed by atoms with Gasteiger partial charge in [0.25, 0.3) is 0 Å². The molecular formula is C11H17N3S. The van der Waals surface area contributed by atoms with Gasteiger partial charge in [-0.15, -0.1) is 0 Å². The average Bonchev–Trinajstić information content (AvgIpc) is 2.84. The lowest BCUT2D eigenvalue weighted by atomic mass is 10.1. The predicted molar refractivity (Wildman–Crippen MR) is 62.6 cm³/mol. The summed E-state index contributed by atoms with van der Waals surface area (Å²) < 4.78 is 3.22. The Morgan fingerprint density at radius 3 is 2.93 bits per heavy atom. The van der Waals surface area contributed by atoms with E-state index in [4.69, 9.17) is 12.2 Å². The van der Waals surface area contributed by atoms with Gasteiger partial charge in [-0.05, 0) is 44.9 Å². The van der Waals surface area contributed by atoms with E-state index in [0.717, 1.165) is 10.8 Å². The molecule has 0 amide bonds. The summed E-state index contributed by atoms with van der Waals surface area (Å²) >= 11 is 5.36. The smallest absolute Gasteiger partial charge is 0.177 e. The number of aromatic amines is 1. The van der Waals surface area contributed by atoms with Gasteiger partial charge >= 0.3 is 0 Å². The number of rotatable bonds is 1. The summed E-state index contributed by atoms with van der Waals surface area (Å²) in [6.45, 7) is 4.68. The molecule has 3 heterocycles. The molecule has 0 spiro atoms. The Labute approximate surface area is 95.1 Å². The van der Waals surface area contributed by atoms with Crippen LogP contribution >= 0.6 is 12.2 Å². The van der Waals surface area contributed by atoms with Crippen molar-refractivity contribution in [2.45, 2.75) is 38.3 Å². The summed E-state index contributed by atoms with van der Waals surface area (Å²) in [5.74, 6) is 0. The molecule has 2 aliphatic heterocycles. The Balaban J connectivity index is 1.98. The van der Waals surface area contributed by atoms with Gasteiger partial charge in [-0.2, -0.15) is 0 Å². The van der Waals surface area contributed by atoms with Crippen molar-refractivity contribution in [3.8, 4) is 0 Å². The van der Waals surface area contributed by atoms with Gasteiger partial charge in [0.05, 0.1) is 6.04 Å². The van der Waals surface area contributed by atoms with Crippen LogP contribution in [-0.4, -0.2) is 33.6 Å². The molecule has 0 bridgehead atoms. The molecule has 2 atom stereocenters. The highest BCUT2D eigenvalue weighted by atomic mass is 32.1. The van der Waals surface area contributed by atoms with Gasteiger partial charge in [0.1, 0.15) is 0 Å². The van der Waals surface area contributed by atoms with Gasteiger partial charge in [0, 0.05) is 24.5 Å². The molecule has 82 valence electrons. The largest absolute Gasteiger partial charge is 0.337 e. The van der Waals surface area contributed by atoms with Crippen LogP contribution in [0.3, 0.4) is 0 Å². The Morgan fingerprint density at radius 2 is 2.20 bits per heavy atom. The molecule has 3 rings (SSSR count). The number of nitrogens with one attached hydrogen (secondary N) is 1. The number of fused-ring (bicyclic) bond motifs is 1. The second-order valence-electron chi connectivity index (χ2n) is 4.71. The lowest BCUT2D eigenvalue weighted by molar-refractivity contribution is 0.288. The molecular weight excluding hydrogens is 206 g/mol. The minimum Gasteiger partial charge on any atom is -0.337 e. The van der Waals surface area contributed by atoms with Crippen molar-refractivity contribution in [3.05, 3.63) is 16.7 Å². The van der Waals surface area contributed by atoms with E-state index in [1.807, 2.05) is 6.20 Å². The Bertz CT molecular complexity index is 420. The van der Waals surface area contributed by atoms with Gasteiger partial charge in [0.15, 0.2) is 4.77 Å². The van der Waals surface area contributed by atoms with Crippen molar-refractivity contribution in [3.63, 3.8) is 0 Å². The molecule has 2 unspecified atom stereocenters. The topological polar surface area (TPSA) is 24.0 Å². The monoisotopic (exact) mass is 223 g/mol. The van der Waals surface area contributed by atoms with Crippen LogP contribution in [0.5, 0.6) is 0 Å². The van der Waals surface area contributed by atoms with Crippen molar-refractivity contribution >= 4 is 12.2 Å². The maximum atomic E-state index is 5.36. The SMILES string of the molecule is Cc1c[nH]c(=S)n1C1CCN2CCCC12. The van der Waals surface area contributed by atoms with Crippen LogP contribution < -0.4 is 0 Å². The number of aromatic nitrogens is 2. The van der Waals surface area contributed by atoms with Gasteiger partial charge in [-0.3, -0.25) is 4.90 Å². The fourth-order valence-corrected chi connectivity index (χ4v) is 3.57. The first-order valence-electron chi connectivity index (χ1n) is 5.78. The lowest BCUT2D eigenvalue weighted by Crippen LogP contribution is -2.28. The first kappa shape index (κ1) is 9.60. The van der Waals surface area contributed by atoms with E-state index in [-0.39, 0.29) is 0 Å². The van der Waals surface area contributed by atoms with E-state index in [1.54, 1.807) is 0 Å². The van der Waals surface area contributed by atoms with Gasteiger partial charge in [-0.1, -0.05) is 0 Å². The van der Waals surface area contributed by atoms with Crippen molar-refractivity contribution in [2.75, 3.05) is 13.1 Å². The fraction of sp³-hybridized carbons (Fsp3) is 0.727. The first-order chi connectivity index (χ1) is 7.27. The minimum absolute atomic E-state index is 0.617. The molecule has 4 heteroatoms. The van der Waals surface area contributed by atoms with Crippen LogP contribution in [0.15, 0.2) is 6.20 Å². The maximum absolute atomic E-state index is 5.36. The highest BCUT2D eigenvalue weighted by Crippen LogP contribution is 2.36. The number of imidazole rings is 1. The lowest BCUT2D eigenvalue weighted by Gasteiger charge is -2.22. The molecule has 0 radical (unpaired) electrons. The fourth-order valence-electron chi connectivity index (χ4n) is 3.23. The Morgan fingerprint density at radius 1 is 1.33 bits per heavy atom. The first-order valence-corrected chi connectivity index (χ1v) is 6.19. The predicted octanol–water partition coefficient (Wildman–Crippen LogP) is 2.26. The van der Waals surface area contributed by atoms with Crippen molar-refractivity contribution in [1.29, 1.82) is 0 Å². The average molecular weight is 223 g/mol. The third kappa shape index (κ3) is 1.39. The number of aryl methyl sites for hydroxylation is 1. The summed E-state index contributed by atoms with van der Waals surface area (Å²) in [4.78, 5) is 5.78. The Hall–Kier alpha value is -0.610. The van der Waals surface area contributed by atoms with Crippen LogP contribution in [0, 0.1) is 11.7 Å². The number of nitrogens with zero attached hydrogens (tertiary/aromatic N) is 2. The maximum Gasteiger partial charge on any atom is 0.177 e. The van der Waals surface area contributed by atoms with Crippen molar-refractivity contribution in [1.82, 2.24) is 14.5 Å². The quantitative estimate of drug-likeness (QED) is 0.738. The third-order valence-electron chi connectivity index (χ3n) is 3.91. The van der Waals surface area contributed by atoms with Crippen molar-refractivity contribution in [2.24, 2.45) is 0 Å². The normalized spacial score (nSPS) is 31.0. The molecule has 1 aromatic rings. The van der Waals surface area contributed by atoms with E-state index in [1.165, 1.54) is 38.0 Å². The number of H-pyrrole nitrogens is 1. The summed E-state index contributed by atoms with van der Waals surface area (Å²) in [5.41, 5.74) is 1.28. The molecule has 2 saturated heterocycles. The summed E-state index contributed by atoms with van der Waals surface area (Å²) in [6, 6.07) is 1.36. The van der Waals surface area contributed by atoms with Crippen LogP contribution in [0.1, 0.15) is 31.0 Å². The molecule has 0 saturated carbocycles. The summed E-state index contributed by atoms with van der Waals surface area (Å²) in [5, 5.41) is 0. The molecule has 3 nitrogen and oxygen atoms in total. The highest BCUT2D eigenvalue weighted by molar-refractivity contribution is 7.71. The van der Waals surface area contributed by atoms with E-state index >= 15 is 0 Å². The molecule has 2 fully saturated rings. The molecule has 0 aromatic carbocycles. The molecule has 0 aliphatic carbocycles. The number of hydrogen-bond acceptors (Lipinski definition) is 2. The van der Waals surface area contributed by atoms with Crippen LogP contribution in [-0.2, 0) is 0 Å². The summed E-state index contributed by atoms with van der Waals surface area (Å²) in [6.07, 6.45) is 5.99. The zero-order chi connectivity index (χ0) is 10.4. The molecule has 1 N–H and O–H groups in total. The minimum atomic E-state index is 0.617. The van der Waals surface area contributed by atoms with Crippen LogP contribution in [0.4, 0.5) is 0 Å². The molecule has 2 aliphatic rings. The second-order valence-corrected chi connectivity index (χ2v) is 5.09. The van der Waals surface area contributed by atoms with E-state index in [2.05, 4.69) is 21.4 Å². The van der Waals surface area contributed by atoms with Crippen LogP contribution in [0.25, 0.3) is 0 Å². The second kappa shape index (κ2) is 3.46.